The molecule has 2 heterocycles. The lowest BCUT2D eigenvalue weighted by atomic mass is 10.4. The average Bonchev–Trinajstić information content (AvgIpc) is 2.61. The summed E-state index contributed by atoms with van der Waals surface area (Å²) in [5.74, 6) is 1.61. The second kappa shape index (κ2) is 4.08. The third-order valence-electron chi connectivity index (χ3n) is 2.15. The highest BCUT2D eigenvalue weighted by Crippen LogP contribution is 2.04. The van der Waals surface area contributed by atoms with E-state index in [0.717, 1.165) is 17.3 Å². The topological polar surface area (TPSA) is 55.6 Å². The Bertz CT molecular complexity index is 449. The average molecular weight is 203 g/mol. The minimum absolute atomic E-state index is 0.715. The number of nitrogens with zero attached hydrogens (tertiary/aromatic N) is 4. The second-order valence-electron chi connectivity index (χ2n) is 3.29. The van der Waals surface area contributed by atoms with Crippen molar-refractivity contribution in [2.45, 2.75) is 13.5 Å². The van der Waals surface area contributed by atoms with Crippen LogP contribution in [-0.4, -0.2) is 19.7 Å². The van der Waals surface area contributed by atoms with E-state index in [9.17, 15) is 0 Å². The van der Waals surface area contributed by atoms with E-state index in [0.29, 0.717) is 6.54 Å². The smallest absolute Gasteiger partial charge is 0.129 e. The van der Waals surface area contributed by atoms with Gasteiger partial charge in [0.1, 0.15) is 11.6 Å². The zero-order valence-corrected chi connectivity index (χ0v) is 8.81. The summed E-state index contributed by atoms with van der Waals surface area (Å²) in [6, 6.07) is 3.82. The van der Waals surface area contributed by atoms with Crippen molar-refractivity contribution in [2.24, 2.45) is 7.05 Å². The summed E-state index contributed by atoms with van der Waals surface area (Å²) in [6.45, 7) is 2.59. The number of hydrogen-bond donors (Lipinski definition) is 1. The van der Waals surface area contributed by atoms with Crippen molar-refractivity contribution in [1.82, 2.24) is 19.7 Å². The molecule has 5 nitrogen and oxygen atoms in total. The summed E-state index contributed by atoms with van der Waals surface area (Å²) in [7, 11) is 1.92. The van der Waals surface area contributed by atoms with Gasteiger partial charge in [-0.05, 0) is 19.1 Å². The number of aryl methyl sites for hydroxylation is 2. The molecule has 2 aromatic rings. The number of hydrogen-bond acceptors (Lipinski definition) is 4. The van der Waals surface area contributed by atoms with E-state index in [4.69, 9.17) is 0 Å². The minimum Gasteiger partial charge on any atom is -0.364 e. The Labute approximate surface area is 88.2 Å². The molecule has 0 atom stereocenters. The molecule has 5 heteroatoms. The molecule has 0 spiro atoms. The van der Waals surface area contributed by atoms with Crippen molar-refractivity contribution < 1.29 is 0 Å². The van der Waals surface area contributed by atoms with Crippen LogP contribution in [0.3, 0.4) is 0 Å². The number of anilines is 1. The molecule has 0 saturated heterocycles. The van der Waals surface area contributed by atoms with E-state index >= 15 is 0 Å². The fourth-order valence-electron chi connectivity index (χ4n) is 1.31. The molecule has 0 aromatic carbocycles. The van der Waals surface area contributed by atoms with Gasteiger partial charge in [0.15, 0.2) is 0 Å². The number of nitrogens with one attached hydrogen (secondary N) is 1. The zero-order chi connectivity index (χ0) is 10.7. The van der Waals surface area contributed by atoms with Crippen molar-refractivity contribution in [1.29, 1.82) is 0 Å². The Morgan fingerprint density at radius 2 is 2.20 bits per heavy atom. The SMILES string of the molecule is Cc1nccc(NCc2ccnn2C)n1. The minimum atomic E-state index is 0.715. The number of rotatable bonds is 3. The van der Waals surface area contributed by atoms with Crippen molar-refractivity contribution in [2.75, 3.05) is 5.32 Å². The Balaban J connectivity index is 2.02. The predicted octanol–water partition coefficient (Wildman–Crippen LogP) is 1.13. The quantitative estimate of drug-likeness (QED) is 0.812. The van der Waals surface area contributed by atoms with Crippen molar-refractivity contribution in [3.05, 3.63) is 36.0 Å². The van der Waals surface area contributed by atoms with Gasteiger partial charge in [-0.3, -0.25) is 4.68 Å². The van der Waals surface area contributed by atoms with Gasteiger partial charge >= 0.3 is 0 Å². The van der Waals surface area contributed by atoms with Gasteiger partial charge in [-0.15, -0.1) is 0 Å². The largest absolute Gasteiger partial charge is 0.364 e. The molecule has 0 fully saturated rings. The molecule has 2 rings (SSSR count). The first-order valence-corrected chi connectivity index (χ1v) is 4.76. The van der Waals surface area contributed by atoms with Crippen molar-refractivity contribution in [3.63, 3.8) is 0 Å². The normalized spacial score (nSPS) is 10.3. The molecular formula is C10H13N5. The van der Waals surface area contributed by atoms with Gasteiger partial charge in [-0.1, -0.05) is 0 Å². The van der Waals surface area contributed by atoms with E-state index in [1.54, 1.807) is 12.4 Å². The first kappa shape index (κ1) is 9.64. The summed E-state index contributed by atoms with van der Waals surface area (Å²) in [5.41, 5.74) is 1.12. The maximum Gasteiger partial charge on any atom is 0.129 e. The predicted molar refractivity (Wildman–Crippen MR) is 57.3 cm³/mol. The molecule has 0 aliphatic rings. The van der Waals surface area contributed by atoms with Gasteiger partial charge in [0.2, 0.25) is 0 Å². The van der Waals surface area contributed by atoms with Crippen LogP contribution in [0.15, 0.2) is 24.5 Å². The fourth-order valence-corrected chi connectivity index (χ4v) is 1.31. The lowest BCUT2D eigenvalue weighted by molar-refractivity contribution is 0.719. The van der Waals surface area contributed by atoms with Crippen molar-refractivity contribution >= 4 is 5.82 Å². The maximum absolute atomic E-state index is 4.25. The van der Waals surface area contributed by atoms with Crippen LogP contribution in [0.5, 0.6) is 0 Å². The monoisotopic (exact) mass is 203 g/mol. The van der Waals surface area contributed by atoms with E-state index < -0.39 is 0 Å². The Morgan fingerprint density at radius 1 is 1.33 bits per heavy atom. The fraction of sp³-hybridized carbons (Fsp3) is 0.300. The third-order valence-corrected chi connectivity index (χ3v) is 2.15. The molecule has 0 unspecified atom stereocenters. The van der Waals surface area contributed by atoms with E-state index in [1.807, 2.05) is 30.8 Å². The molecule has 0 radical (unpaired) electrons. The van der Waals surface area contributed by atoms with Gasteiger partial charge in [-0.25, -0.2) is 9.97 Å². The van der Waals surface area contributed by atoms with Gasteiger partial charge in [0.25, 0.3) is 0 Å². The van der Waals surface area contributed by atoms with Gasteiger partial charge in [-0.2, -0.15) is 5.10 Å². The molecule has 0 amide bonds. The Hall–Kier alpha value is -1.91. The molecule has 0 aliphatic carbocycles. The van der Waals surface area contributed by atoms with Gasteiger partial charge in [0.05, 0.1) is 12.2 Å². The standard InChI is InChI=1S/C10H13N5/c1-8-11-5-4-10(14-8)12-7-9-3-6-13-15(9)2/h3-6H,7H2,1-2H3,(H,11,12,14). The highest BCUT2D eigenvalue weighted by molar-refractivity contribution is 5.33. The van der Waals surface area contributed by atoms with E-state index in [2.05, 4.69) is 20.4 Å². The Morgan fingerprint density at radius 3 is 2.87 bits per heavy atom. The highest BCUT2D eigenvalue weighted by atomic mass is 15.3. The van der Waals surface area contributed by atoms with Crippen LogP contribution in [0, 0.1) is 6.92 Å². The third kappa shape index (κ3) is 2.31. The first-order valence-electron chi connectivity index (χ1n) is 4.76. The molecule has 15 heavy (non-hydrogen) atoms. The molecule has 0 bridgehead atoms. The van der Waals surface area contributed by atoms with Crippen LogP contribution in [-0.2, 0) is 13.6 Å². The molecule has 0 saturated carbocycles. The summed E-state index contributed by atoms with van der Waals surface area (Å²) >= 11 is 0. The summed E-state index contributed by atoms with van der Waals surface area (Å²) < 4.78 is 1.83. The summed E-state index contributed by atoms with van der Waals surface area (Å²) in [4.78, 5) is 8.28. The molecule has 78 valence electrons. The maximum atomic E-state index is 4.25. The summed E-state index contributed by atoms with van der Waals surface area (Å²) in [6.07, 6.45) is 3.52. The lowest BCUT2D eigenvalue weighted by Gasteiger charge is -2.05. The van der Waals surface area contributed by atoms with E-state index in [1.165, 1.54) is 0 Å². The van der Waals surface area contributed by atoms with Crippen LogP contribution in [0.25, 0.3) is 0 Å². The summed E-state index contributed by atoms with van der Waals surface area (Å²) in [5, 5.41) is 7.31. The molecule has 0 aliphatic heterocycles. The molecular weight excluding hydrogens is 190 g/mol. The first-order chi connectivity index (χ1) is 7.25. The van der Waals surface area contributed by atoms with E-state index in [-0.39, 0.29) is 0 Å². The zero-order valence-electron chi connectivity index (χ0n) is 8.81. The number of aromatic nitrogens is 4. The van der Waals surface area contributed by atoms with Crippen LogP contribution in [0.2, 0.25) is 0 Å². The highest BCUT2D eigenvalue weighted by Gasteiger charge is 1.99. The molecule has 1 N–H and O–H groups in total. The van der Waals surface area contributed by atoms with Gasteiger partial charge < -0.3 is 5.32 Å². The second-order valence-corrected chi connectivity index (χ2v) is 3.29. The van der Waals surface area contributed by atoms with Crippen LogP contribution in [0.4, 0.5) is 5.82 Å². The van der Waals surface area contributed by atoms with Crippen LogP contribution in [0.1, 0.15) is 11.5 Å². The van der Waals surface area contributed by atoms with Crippen LogP contribution < -0.4 is 5.32 Å². The molecule has 2 aromatic heterocycles. The van der Waals surface area contributed by atoms with Gasteiger partial charge in [0, 0.05) is 19.4 Å². The Kier molecular flexibility index (Phi) is 2.62. The lowest BCUT2D eigenvalue weighted by Crippen LogP contribution is -2.06. The van der Waals surface area contributed by atoms with Crippen LogP contribution >= 0.6 is 0 Å². The van der Waals surface area contributed by atoms with Crippen molar-refractivity contribution in [3.8, 4) is 0 Å².